The van der Waals surface area contributed by atoms with Crippen molar-refractivity contribution < 1.29 is 17.7 Å². The van der Waals surface area contributed by atoms with Crippen LogP contribution in [0.25, 0.3) is 0 Å². The molecule has 3 rings (SSSR count). The Labute approximate surface area is 149 Å². The Hall–Kier alpha value is -2.16. The second-order valence-corrected chi connectivity index (χ2v) is 6.45. The number of nitrogens with zero attached hydrogens (tertiary/aromatic N) is 4. The van der Waals surface area contributed by atoms with Crippen molar-refractivity contribution in [2.75, 3.05) is 18.0 Å². The molecular weight excluding hydrogens is 347 g/mol. The van der Waals surface area contributed by atoms with E-state index in [2.05, 4.69) is 20.4 Å². The van der Waals surface area contributed by atoms with E-state index in [1.807, 2.05) is 18.7 Å². The van der Waals surface area contributed by atoms with Crippen molar-refractivity contribution in [2.24, 2.45) is 0 Å². The van der Waals surface area contributed by atoms with E-state index >= 15 is 0 Å². The summed E-state index contributed by atoms with van der Waals surface area (Å²) in [6, 6.07) is 2.76. The van der Waals surface area contributed by atoms with Crippen LogP contribution in [-0.4, -0.2) is 34.3 Å². The van der Waals surface area contributed by atoms with Gasteiger partial charge in [0.1, 0.15) is 5.82 Å². The van der Waals surface area contributed by atoms with Crippen molar-refractivity contribution in [3.8, 4) is 0 Å². The van der Waals surface area contributed by atoms with E-state index in [4.69, 9.17) is 4.52 Å². The number of hydrogen-bond acceptors (Lipinski definition) is 6. The van der Waals surface area contributed by atoms with Crippen molar-refractivity contribution in [3.05, 3.63) is 35.6 Å². The molecule has 0 aromatic carbocycles. The van der Waals surface area contributed by atoms with Crippen molar-refractivity contribution in [3.63, 3.8) is 0 Å². The van der Waals surface area contributed by atoms with Crippen molar-refractivity contribution >= 4 is 5.82 Å². The first-order chi connectivity index (χ1) is 12.4. The van der Waals surface area contributed by atoms with Crippen LogP contribution in [0.2, 0.25) is 0 Å². The number of pyridine rings is 1. The van der Waals surface area contributed by atoms with Gasteiger partial charge in [0.2, 0.25) is 5.89 Å². The standard InChI is InChI=1S/C17H22F3N5O/c1-3-14-23-16(26-24-14)11(2)22-13-6-8-25(9-7-13)15-5-4-12(10-21-15)17(18,19)20/h4-5,10-11,13,22H,3,6-9H2,1-2H3/t11-/m0/s1. The first-order valence-electron chi connectivity index (χ1n) is 8.73. The normalized spacial score (nSPS) is 17.5. The van der Waals surface area contributed by atoms with Gasteiger partial charge in [-0.25, -0.2) is 4.98 Å². The summed E-state index contributed by atoms with van der Waals surface area (Å²) >= 11 is 0. The van der Waals surface area contributed by atoms with Gasteiger partial charge in [-0.15, -0.1) is 0 Å². The number of hydrogen-bond donors (Lipinski definition) is 1. The molecule has 1 aliphatic rings. The zero-order valence-electron chi connectivity index (χ0n) is 14.8. The number of piperidine rings is 1. The summed E-state index contributed by atoms with van der Waals surface area (Å²) < 4.78 is 43.1. The topological polar surface area (TPSA) is 67.1 Å². The van der Waals surface area contributed by atoms with Crippen LogP contribution in [0.5, 0.6) is 0 Å². The predicted molar refractivity (Wildman–Crippen MR) is 89.7 cm³/mol. The third-order valence-electron chi connectivity index (χ3n) is 4.55. The van der Waals surface area contributed by atoms with E-state index in [1.165, 1.54) is 6.07 Å². The lowest BCUT2D eigenvalue weighted by atomic mass is 10.0. The van der Waals surface area contributed by atoms with Gasteiger partial charge < -0.3 is 14.7 Å². The van der Waals surface area contributed by atoms with E-state index in [0.29, 0.717) is 17.5 Å². The fourth-order valence-corrected chi connectivity index (χ4v) is 3.03. The van der Waals surface area contributed by atoms with Gasteiger partial charge in [0, 0.05) is 31.7 Å². The summed E-state index contributed by atoms with van der Waals surface area (Å²) in [4.78, 5) is 10.3. The van der Waals surface area contributed by atoms with Gasteiger partial charge in [-0.1, -0.05) is 12.1 Å². The number of alkyl halides is 3. The lowest BCUT2D eigenvalue weighted by molar-refractivity contribution is -0.137. The van der Waals surface area contributed by atoms with Crippen LogP contribution in [0, 0.1) is 0 Å². The van der Waals surface area contributed by atoms with Gasteiger partial charge in [0.15, 0.2) is 5.82 Å². The Kier molecular flexibility index (Phi) is 5.45. The Morgan fingerprint density at radius 3 is 2.58 bits per heavy atom. The molecular formula is C17H22F3N5O. The molecule has 0 saturated carbocycles. The Bertz CT molecular complexity index is 708. The van der Waals surface area contributed by atoms with E-state index in [-0.39, 0.29) is 12.1 Å². The zero-order valence-corrected chi connectivity index (χ0v) is 14.8. The summed E-state index contributed by atoms with van der Waals surface area (Å²) in [6.45, 7) is 5.41. The quantitative estimate of drug-likeness (QED) is 0.872. The minimum Gasteiger partial charge on any atom is -0.357 e. The van der Waals surface area contributed by atoms with E-state index in [0.717, 1.165) is 44.6 Å². The van der Waals surface area contributed by atoms with Crippen molar-refractivity contribution in [2.45, 2.75) is 51.4 Å². The number of anilines is 1. The fourth-order valence-electron chi connectivity index (χ4n) is 3.03. The number of aryl methyl sites for hydroxylation is 1. The molecule has 1 saturated heterocycles. The second-order valence-electron chi connectivity index (χ2n) is 6.45. The molecule has 26 heavy (non-hydrogen) atoms. The number of nitrogens with one attached hydrogen (secondary N) is 1. The highest BCUT2D eigenvalue weighted by Crippen LogP contribution is 2.30. The molecule has 1 atom stereocenters. The van der Waals surface area contributed by atoms with E-state index in [9.17, 15) is 13.2 Å². The highest BCUT2D eigenvalue weighted by atomic mass is 19.4. The highest BCUT2D eigenvalue weighted by Gasteiger charge is 2.31. The van der Waals surface area contributed by atoms with Crippen LogP contribution in [-0.2, 0) is 12.6 Å². The SMILES string of the molecule is CCc1noc([C@H](C)NC2CCN(c3ccc(C(F)(F)F)cn3)CC2)n1. The predicted octanol–water partition coefficient (Wildman–Crippen LogP) is 3.37. The summed E-state index contributed by atoms with van der Waals surface area (Å²) in [6.07, 6.45) is -1.01. The summed E-state index contributed by atoms with van der Waals surface area (Å²) in [5, 5.41) is 7.38. The van der Waals surface area contributed by atoms with Gasteiger partial charge in [-0.05, 0) is 31.9 Å². The molecule has 6 nitrogen and oxygen atoms in total. The molecule has 0 aliphatic carbocycles. The van der Waals surface area contributed by atoms with Crippen LogP contribution < -0.4 is 10.2 Å². The number of aromatic nitrogens is 3. The molecule has 142 valence electrons. The monoisotopic (exact) mass is 369 g/mol. The summed E-state index contributed by atoms with van der Waals surface area (Å²) in [5.74, 6) is 1.85. The van der Waals surface area contributed by atoms with Crippen LogP contribution in [0.3, 0.4) is 0 Å². The van der Waals surface area contributed by atoms with Gasteiger partial charge in [0.05, 0.1) is 11.6 Å². The number of rotatable bonds is 5. The summed E-state index contributed by atoms with van der Waals surface area (Å²) in [5.41, 5.74) is -0.724. The van der Waals surface area contributed by atoms with Gasteiger partial charge in [-0.3, -0.25) is 0 Å². The maximum atomic E-state index is 12.6. The molecule has 0 unspecified atom stereocenters. The summed E-state index contributed by atoms with van der Waals surface area (Å²) in [7, 11) is 0. The van der Waals surface area contributed by atoms with Gasteiger partial charge in [0.25, 0.3) is 0 Å². The van der Waals surface area contributed by atoms with Crippen molar-refractivity contribution in [1.29, 1.82) is 0 Å². The third kappa shape index (κ3) is 4.32. The van der Waals surface area contributed by atoms with E-state index in [1.54, 1.807) is 0 Å². The molecule has 9 heteroatoms. The molecule has 1 fully saturated rings. The van der Waals surface area contributed by atoms with Crippen LogP contribution in [0.1, 0.15) is 50.0 Å². The number of halogens is 3. The Balaban J connectivity index is 1.52. The van der Waals surface area contributed by atoms with Crippen LogP contribution in [0.15, 0.2) is 22.9 Å². The molecule has 2 aromatic rings. The minimum absolute atomic E-state index is 0.0384. The van der Waals surface area contributed by atoms with Gasteiger partial charge >= 0.3 is 6.18 Å². The van der Waals surface area contributed by atoms with Crippen molar-refractivity contribution in [1.82, 2.24) is 20.4 Å². The zero-order chi connectivity index (χ0) is 18.7. The minimum atomic E-state index is -4.36. The largest absolute Gasteiger partial charge is 0.417 e. The smallest absolute Gasteiger partial charge is 0.357 e. The van der Waals surface area contributed by atoms with Crippen LogP contribution >= 0.6 is 0 Å². The lowest BCUT2D eigenvalue weighted by Crippen LogP contribution is -2.43. The molecule has 0 amide bonds. The lowest BCUT2D eigenvalue weighted by Gasteiger charge is -2.34. The molecule has 0 spiro atoms. The molecule has 0 bridgehead atoms. The molecule has 1 N–H and O–H groups in total. The first-order valence-corrected chi connectivity index (χ1v) is 8.73. The average molecular weight is 369 g/mol. The Morgan fingerprint density at radius 2 is 2.04 bits per heavy atom. The van der Waals surface area contributed by atoms with Crippen LogP contribution in [0.4, 0.5) is 19.0 Å². The molecule has 3 heterocycles. The van der Waals surface area contributed by atoms with Gasteiger partial charge in [-0.2, -0.15) is 18.2 Å². The molecule has 1 aliphatic heterocycles. The third-order valence-corrected chi connectivity index (χ3v) is 4.55. The van der Waals surface area contributed by atoms with E-state index < -0.39 is 11.7 Å². The second kappa shape index (κ2) is 7.61. The fraction of sp³-hybridized carbons (Fsp3) is 0.588. The Morgan fingerprint density at radius 1 is 1.31 bits per heavy atom. The first kappa shape index (κ1) is 18.6. The molecule has 2 aromatic heterocycles. The maximum absolute atomic E-state index is 12.6. The highest BCUT2D eigenvalue weighted by molar-refractivity contribution is 5.40. The average Bonchev–Trinajstić information content (AvgIpc) is 3.11. The maximum Gasteiger partial charge on any atom is 0.417 e. The molecule has 0 radical (unpaired) electrons.